The largest absolute Gasteiger partial charge is 0.397 e. The van der Waals surface area contributed by atoms with Gasteiger partial charge in [-0.3, -0.25) is 14.9 Å². The first-order chi connectivity index (χ1) is 9.38. The van der Waals surface area contributed by atoms with E-state index < -0.39 is 16.6 Å². The maximum absolute atomic E-state index is 13.1. The third-order valence-corrected chi connectivity index (χ3v) is 2.70. The number of aromatic nitrogens is 1. The first-order valence-corrected chi connectivity index (χ1v) is 5.55. The monoisotopic (exact) mass is 278 g/mol. The summed E-state index contributed by atoms with van der Waals surface area (Å²) in [6, 6.07) is 4.69. The van der Waals surface area contributed by atoms with Gasteiger partial charge in [-0.1, -0.05) is 0 Å². The highest BCUT2D eigenvalue weighted by atomic mass is 19.1. The molecule has 0 aliphatic carbocycles. The van der Waals surface area contributed by atoms with Gasteiger partial charge in [-0.2, -0.15) is 0 Å². The lowest BCUT2D eigenvalue weighted by atomic mass is 10.2. The molecule has 0 aliphatic heterocycles. The van der Waals surface area contributed by atoms with Crippen molar-refractivity contribution in [2.75, 3.05) is 11.1 Å². The van der Waals surface area contributed by atoms with E-state index in [-0.39, 0.29) is 22.8 Å². The van der Waals surface area contributed by atoms with Crippen molar-refractivity contribution in [1.82, 2.24) is 4.57 Å². The minimum atomic E-state index is -0.613. The lowest BCUT2D eigenvalue weighted by molar-refractivity contribution is -0.384. The molecule has 0 saturated carbocycles. The molecule has 20 heavy (non-hydrogen) atoms. The Morgan fingerprint density at radius 3 is 2.75 bits per heavy atom. The number of amides is 1. The van der Waals surface area contributed by atoms with E-state index in [0.717, 1.165) is 12.1 Å². The van der Waals surface area contributed by atoms with Crippen LogP contribution < -0.4 is 11.1 Å². The van der Waals surface area contributed by atoms with E-state index in [1.165, 1.54) is 29.9 Å². The molecule has 2 rings (SSSR count). The molecule has 0 unspecified atom stereocenters. The lowest BCUT2D eigenvalue weighted by Gasteiger charge is -2.08. The van der Waals surface area contributed by atoms with Crippen molar-refractivity contribution in [3.63, 3.8) is 0 Å². The van der Waals surface area contributed by atoms with Crippen LogP contribution in [0.25, 0.3) is 0 Å². The zero-order valence-electron chi connectivity index (χ0n) is 10.5. The van der Waals surface area contributed by atoms with Crippen molar-refractivity contribution in [2.24, 2.45) is 7.05 Å². The normalized spacial score (nSPS) is 10.3. The first-order valence-electron chi connectivity index (χ1n) is 5.55. The average Bonchev–Trinajstić information content (AvgIpc) is 2.76. The van der Waals surface area contributed by atoms with Crippen LogP contribution in [0, 0.1) is 15.9 Å². The molecule has 104 valence electrons. The molecule has 1 aromatic carbocycles. The molecule has 1 amide bonds. The summed E-state index contributed by atoms with van der Waals surface area (Å²) in [5, 5.41) is 13.1. The topological polar surface area (TPSA) is 103 Å². The zero-order chi connectivity index (χ0) is 14.9. The Morgan fingerprint density at radius 2 is 2.15 bits per heavy atom. The van der Waals surface area contributed by atoms with E-state index in [0.29, 0.717) is 0 Å². The molecular weight excluding hydrogens is 267 g/mol. The second-order valence-electron chi connectivity index (χ2n) is 4.14. The Labute approximate surface area is 113 Å². The fourth-order valence-electron chi connectivity index (χ4n) is 1.70. The van der Waals surface area contributed by atoms with Gasteiger partial charge in [0.25, 0.3) is 11.6 Å². The van der Waals surface area contributed by atoms with Gasteiger partial charge in [0.2, 0.25) is 0 Å². The van der Waals surface area contributed by atoms with Crippen molar-refractivity contribution in [1.29, 1.82) is 0 Å². The quantitative estimate of drug-likeness (QED) is 0.508. The highest BCUT2D eigenvalue weighted by Gasteiger charge is 2.18. The number of nitrogens with zero attached hydrogens (tertiary/aromatic N) is 2. The molecule has 0 spiro atoms. The predicted octanol–water partition coefficient (Wildman–Crippen LogP) is 1.91. The van der Waals surface area contributed by atoms with E-state index in [4.69, 9.17) is 5.73 Å². The van der Waals surface area contributed by atoms with Crippen LogP contribution in [0.3, 0.4) is 0 Å². The SMILES string of the molecule is Cn1cc([N+](=O)[O-])cc1C(=O)Nc1cc(F)ccc1N. The van der Waals surface area contributed by atoms with E-state index >= 15 is 0 Å². The number of hydrogen-bond donors (Lipinski definition) is 2. The number of hydrogen-bond acceptors (Lipinski definition) is 4. The number of aryl methyl sites for hydroxylation is 1. The molecule has 3 N–H and O–H groups in total. The van der Waals surface area contributed by atoms with Gasteiger partial charge < -0.3 is 15.6 Å². The molecule has 0 saturated heterocycles. The van der Waals surface area contributed by atoms with Crippen LogP contribution in [0.2, 0.25) is 0 Å². The number of nitrogens with one attached hydrogen (secondary N) is 1. The van der Waals surface area contributed by atoms with Crippen LogP contribution in [0.1, 0.15) is 10.5 Å². The second kappa shape index (κ2) is 5.00. The number of rotatable bonds is 3. The number of benzene rings is 1. The van der Waals surface area contributed by atoms with Crippen molar-refractivity contribution in [2.45, 2.75) is 0 Å². The van der Waals surface area contributed by atoms with Crippen LogP contribution in [-0.4, -0.2) is 15.4 Å². The van der Waals surface area contributed by atoms with Gasteiger partial charge in [-0.15, -0.1) is 0 Å². The number of carbonyl (C=O) groups excluding carboxylic acids is 1. The standard InChI is InChI=1S/C12H11FN4O3/c1-16-6-8(17(19)20)5-11(16)12(18)15-10-4-7(13)2-3-9(10)14/h2-6H,14H2,1H3,(H,15,18). The smallest absolute Gasteiger partial charge is 0.287 e. The molecule has 0 bridgehead atoms. The molecule has 7 nitrogen and oxygen atoms in total. The second-order valence-corrected chi connectivity index (χ2v) is 4.14. The molecular formula is C12H11FN4O3. The van der Waals surface area contributed by atoms with Crippen molar-refractivity contribution in [3.8, 4) is 0 Å². The maximum atomic E-state index is 13.1. The van der Waals surface area contributed by atoms with Crippen molar-refractivity contribution < 1.29 is 14.1 Å². The van der Waals surface area contributed by atoms with Crippen LogP contribution >= 0.6 is 0 Å². The number of nitrogens with two attached hydrogens (primary N) is 1. The molecule has 0 aliphatic rings. The fourth-order valence-corrected chi connectivity index (χ4v) is 1.70. The minimum absolute atomic E-state index is 0.0698. The molecule has 8 heteroatoms. The summed E-state index contributed by atoms with van der Waals surface area (Å²) in [5.41, 5.74) is 5.78. The van der Waals surface area contributed by atoms with Gasteiger partial charge in [0.15, 0.2) is 0 Å². The molecule has 2 aromatic rings. The number of carbonyl (C=O) groups is 1. The van der Waals surface area contributed by atoms with E-state index in [1.807, 2.05) is 0 Å². The Kier molecular flexibility index (Phi) is 3.38. The molecule has 0 radical (unpaired) electrons. The molecule has 0 fully saturated rings. The predicted molar refractivity (Wildman–Crippen MR) is 70.8 cm³/mol. The van der Waals surface area contributed by atoms with Crippen LogP contribution in [-0.2, 0) is 7.05 Å². The van der Waals surface area contributed by atoms with Gasteiger partial charge in [0, 0.05) is 13.1 Å². The number of anilines is 2. The van der Waals surface area contributed by atoms with Gasteiger partial charge in [0.05, 0.1) is 22.5 Å². The van der Waals surface area contributed by atoms with E-state index in [1.54, 1.807) is 0 Å². The Morgan fingerprint density at radius 1 is 1.45 bits per heavy atom. The fraction of sp³-hybridized carbons (Fsp3) is 0.0833. The van der Waals surface area contributed by atoms with Crippen molar-refractivity contribution >= 4 is 23.0 Å². The Hall–Kier alpha value is -2.90. The van der Waals surface area contributed by atoms with Crippen molar-refractivity contribution in [3.05, 3.63) is 52.1 Å². The van der Waals surface area contributed by atoms with Crippen LogP contribution in [0.5, 0.6) is 0 Å². The summed E-state index contributed by atoms with van der Waals surface area (Å²) >= 11 is 0. The van der Waals surface area contributed by atoms with E-state index in [9.17, 15) is 19.3 Å². The van der Waals surface area contributed by atoms with Crippen LogP contribution in [0.15, 0.2) is 30.5 Å². The Balaban J connectivity index is 2.28. The number of nitrogen functional groups attached to an aromatic ring is 1. The third-order valence-electron chi connectivity index (χ3n) is 2.70. The van der Waals surface area contributed by atoms with Gasteiger partial charge in [-0.05, 0) is 18.2 Å². The number of nitro groups is 1. The maximum Gasteiger partial charge on any atom is 0.287 e. The highest BCUT2D eigenvalue weighted by Crippen LogP contribution is 2.21. The lowest BCUT2D eigenvalue weighted by Crippen LogP contribution is -2.16. The van der Waals surface area contributed by atoms with Gasteiger partial charge >= 0.3 is 0 Å². The molecule has 1 heterocycles. The molecule has 0 atom stereocenters. The number of halogens is 1. The average molecular weight is 278 g/mol. The third kappa shape index (κ3) is 2.58. The first kappa shape index (κ1) is 13.5. The van der Waals surface area contributed by atoms with Crippen LogP contribution in [0.4, 0.5) is 21.5 Å². The summed E-state index contributed by atoms with van der Waals surface area (Å²) in [4.78, 5) is 22.0. The van der Waals surface area contributed by atoms with Gasteiger partial charge in [-0.25, -0.2) is 4.39 Å². The van der Waals surface area contributed by atoms with Gasteiger partial charge in [0.1, 0.15) is 11.5 Å². The summed E-state index contributed by atoms with van der Waals surface area (Å²) in [6.45, 7) is 0. The van der Waals surface area contributed by atoms with E-state index in [2.05, 4.69) is 5.32 Å². The summed E-state index contributed by atoms with van der Waals surface area (Å²) < 4.78 is 14.4. The highest BCUT2D eigenvalue weighted by molar-refractivity contribution is 6.05. The zero-order valence-corrected chi connectivity index (χ0v) is 10.5. The summed E-state index contributed by atoms with van der Waals surface area (Å²) in [6.07, 6.45) is 1.21. The molecule has 1 aromatic heterocycles. The minimum Gasteiger partial charge on any atom is -0.397 e. The summed E-state index contributed by atoms with van der Waals surface area (Å²) in [7, 11) is 1.50. The summed E-state index contributed by atoms with van der Waals surface area (Å²) in [5.74, 6) is -1.16. The Bertz CT molecular complexity index is 696.